The number of piperazine rings is 1. The van der Waals surface area contributed by atoms with Crippen molar-refractivity contribution in [2.45, 2.75) is 24.2 Å². The van der Waals surface area contributed by atoms with Crippen LogP contribution in [0.4, 0.5) is 11.4 Å². The minimum atomic E-state index is -3.64. The van der Waals surface area contributed by atoms with Gasteiger partial charge in [0.25, 0.3) is 5.91 Å². The van der Waals surface area contributed by atoms with E-state index in [0.29, 0.717) is 18.8 Å². The predicted molar refractivity (Wildman–Crippen MR) is 128 cm³/mol. The summed E-state index contributed by atoms with van der Waals surface area (Å²) in [6.07, 6.45) is 2.74. The first-order chi connectivity index (χ1) is 15.3. The molecule has 2 aliphatic rings. The number of likely N-dealkylation sites (N-methyl/N-ethyl adjacent to an activating group) is 1. The molecule has 2 saturated heterocycles. The van der Waals surface area contributed by atoms with E-state index in [1.165, 1.54) is 22.5 Å². The van der Waals surface area contributed by atoms with Crippen molar-refractivity contribution in [3.8, 4) is 0 Å². The first kappa shape index (κ1) is 23.0. The van der Waals surface area contributed by atoms with Crippen LogP contribution >= 0.6 is 11.6 Å². The summed E-state index contributed by atoms with van der Waals surface area (Å²) in [6, 6.07) is 12.0. The Kier molecular flexibility index (Phi) is 7.05. The molecule has 32 heavy (non-hydrogen) atoms. The lowest BCUT2D eigenvalue weighted by molar-refractivity contribution is 0.102. The highest BCUT2D eigenvalue weighted by Gasteiger charge is 2.27. The molecule has 4 rings (SSSR count). The van der Waals surface area contributed by atoms with Crippen molar-refractivity contribution in [1.82, 2.24) is 9.21 Å². The number of carbonyl (C=O) groups excluding carboxylic acids is 1. The van der Waals surface area contributed by atoms with Gasteiger partial charge in [0, 0.05) is 50.6 Å². The lowest BCUT2D eigenvalue weighted by atomic mass is 10.2. The number of benzene rings is 2. The van der Waals surface area contributed by atoms with Gasteiger partial charge >= 0.3 is 0 Å². The number of nitrogens with zero attached hydrogens (tertiary/aromatic N) is 3. The normalized spacial score (nSPS) is 18.5. The third kappa shape index (κ3) is 5.09. The van der Waals surface area contributed by atoms with Gasteiger partial charge in [-0.2, -0.15) is 4.31 Å². The highest BCUT2D eigenvalue weighted by molar-refractivity contribution is 7.89. The van der Waals surface area contributed by atoms with Crippen molar-refractivity contribution >= 4 is 38.9 Å². The number of amides is 1. The largest absolute Gasteiger partial charge is 0.369 e. The molecular weight excluding hydrogens is 448 g/mol. The van der Waals surface area contributed by atoms with Crippen molar-refractivity contribution < 1.29 is 13.2 Å². The molecule has 0 aliphatic carbocycles. The van der Waals surface area contributed by atoms with Crippen LogP contribution in [0.25, 0.3) is 0 Å². The summed E-state index contributed by atoms with van der Waals surface area (Å²) in [5.74, 6) is -0.432. The van der Waals surface area contributed by atoms with E-state index in [-0.39, 0.29) is 15.5 Å². The molecule has 9 heteroatoms. The lowest BCUT2D eigenvalue weighted by Gasteiger charge is -2.34. The maximum absolute atomic E-state index is 13.0. The number of anilines is 2. The molecule has 7 nitrogen and oxygen atoms in total. The number of halogens is 1. The molecule has 0 atom stereocenters. The highest BCUT2D eigenvalue weighted by Crippen LogP contribution is 2.26. The number of hydrogen-bond acceptors (Lipinski definition) is 5. The fourth-order valence-corrected chi connectivity index (χ4v) is 5.86. The summed E-state index contributed by atoms with van der Waals surface area (Å²) < 4.78 is 27.5. The van der Waals surface area contributed by atoms with E-state index < -0.39 is 15.9 Å². The van der Waals surface area contributed by atoms with Crippen LogP contribution in [0.1, 0.15) is 29.6 Å². The Bertz CT molecular complexity index is 1060. The van der Waals surface area contributed by atoms with Crippen LogP contribution in [0, 0.1) is 0 Å². The van der Waals surface area contributed by atoms with Crippen LogP contribution in [-0.4, -0.2) is 69.8 Å². The number of carbonyl (C=O) groups is 1. The van der Waals surface area contributed by atoms with Gasteiger partial charge in [-0.3, -0.25) is 4.79 Å². The summed E-state index contributed by atoms with van der Waals surface area (Å²) in [7, 11) is -1.53. The molecule has 2 heterocycles. The molecule has 0 bridgehead atoms. The standard InChI is InChI=1S/C23H29ClN4O3S/c1-26-13-15-27(16-14-26)19-7-5-18(6-8-19)25-23(29)21-17-20(9-10-22(21)24)32(30,31)28-11-3-2-4-12-28/h5-10,17H,2-4,11-16H2,1H3,(H,25,29). The van der Waals surface area contributed by atoms with E-state index in [2.05, 4.69) is 22.2 Å². The minimum absolute atomic E-state index is 0.0966. The number of nitrogens with one attached hydrogen (secondary N) is 1. The smallest absolute Gasteiger partial charge is 0.257 e. The van der Waals surface area contributed by atoms with Gasteiger partial charge < -0.3 is 15.1 Å². The summed E-state index contributed by atoms with van der Waals surface area (Å²) in [5, 5.41) is 3.05. The van der Waals surface area contributed by atoms with Gasteiger partial charge in [-0.25, -0.2) is 8.42 Å². The summed E-state index contributed by atoms with van der Waals surface area (Å²) >= 11 is 6.25. The topological polar surface area (TPSA) is 73.0 Å². The molecule has 0 unspecified atom stereocenters. The van der Waals surface area contributed by atoms with Gasteiger partial charge in [-0.15, -0.1) is 0 Å². The zero-order valence-corrected chi connectivity index (χ0v) is 19.8. The molecular formula is C23H29ClN4O3S. The molecule has 0 radical (unpaired) electrons. The summed E-state index contributed by atoms with van der Waals surface area (Å²) in [4.78, 5) is 17.6. The third-order valence-electron chi connectivity index (χ3n) is 6.13. The molecule has 2 fully saturated rings. The van der Waals surface area contributed by atoms with E-state index >= 15 is 0 Å². The van der Waals surface area contributed by atoms with E-state index in [9.17, 15) is 13.2 Å². The van der Waals surface area contributed by atoms with Gasteiger partial charge in [0.2, 0.25) is 10.0 Å². The predicted octanol–water partition coefficient (Wildman–Crippen LogP) is 3.52. The van der Waals surface area contributed by atoms with Crippen molar-refractivity contribution in [2.24, 2.45) is 0 Å². The summed E-state index contributed by atoms with van der Waals surface area (Å²) in [5.41, 5.74) is 1.89. The molecule has 2 aromatic rings. The molecule has 0 saturated carbocycles. The van der Waals surface area contributed by atoms with Crippen LogP contribution in [0.3, 0.4) is 0 Å². The highest BCUT2D eigenvalue weighted by atomic mass is 35.5. The number of rotatable bonds is 5. The minimum Gasteiger partial charge on any atom is -0.369 e. The van der Waals surface area contributed by atoms with Crippen LogP contribution in [0.15, 0.2) is 47.4 Å². The van der Waals surface area contributed by atoms with E-state index in [0.717, 1.165) is 51.1 Å². The zero-order chi connectivity index (χ0) is 22.7. The van der Waals surface area contributed by atoms with Crippen molar-refractivity contribution in [2.75, 3.05) is 56.5 Å². The monoisotopic (exact) mass is 476 g/mol. The first-order valence-electron chi connectivity index (χ1n) is 11.0. The number of hydrogen-bond donors (Lipinski definition) is 1. The molecule has 0 aromatic heterocycles. The molecule has 1 N–H and O–H groups in total. The first-order valence-corrected chi connectivity index (χ1v) is 12.8. The van der Waals surface area contributed by atoms with Crippen molar-refractivity contribution in [3.63, 3.8) is 0 Å². The molecule has 0 spiro atoms. The third-order valence-corrected chi connectivity index (χ3v) is 8.35. The van der Waals surface area contributed by atoms with Gasteiger partial charge in [0.15, 0.2) is 0 Å². The Balaban J connectivity index is 1.48. The fourth-order valence-electron chi connectivity index (χ4n) is 4.11. The Morgan fingerprint density at radius 3 is 2.22 bits per heavy atom. The van der Waals surface area contributed by atoms with Crippen LogP contribution in [0.5, 0.6) is 0 Å². The Morgan fingerprint density at radius 1 is 0.906 bits per heavy atom. The van der Waals surface area contributed by atoms with Crippen LogP contribution in [-0.2, 0) is 10.0 Å². The quantitative estimate of drug-likeness (QED) is 0.714. The zero-order valence-electron chi connectivity index (χ0n) is 18.3. The number of piperidine rings is 1. The van der Waals surface area contributed by atoms with Crippen LogP contribution < -0.4 is 10.2 Å². The maximum atomic E-state index is 13.0. The van der Waals surface area contributed by atoms with Gasteiger partial charge in [0.1, 0.15) is 0 Å². The molecule has 1 amide bonds. The number of sulfonamides is 1. The second-order valence-corrected chi connectivity index (χ2v) is 10.7. The van der Waals surface area contributed by atoms with Crippen LogP contribution in [0.2, 0.25) is 5.02 Å². The second kappa shape index (κ2) is 9.79. The van der Waals surface area contributed by atoms with E-state index in [1.54, 1.807) is 0 Å². The lowest BCUT2D eigenvalue weighted by Crippen LogP contribution is -2.44. The molecule has 172 valence electrons. The van der Waals surface area contributed by atoms with Gasteiger partial charge in [0.05, 0.1) is 15.5 Å². The second-order valence-electron chi connectivity index (χ2n) is 8.40. The fraction of sp³-hybridized carbons (Fsp3) is 0.435. The average Bonchev–Trinajstić information content (AvgIpc) is 2.81. The van der Waals surface area contributed by atoms with Gasteiger partial charge in [-0.05, 0) is 62.4 Å². The van der Waals surface area contributed by atoms with Crippen molar-refractivity contribution in [3.05, 3.63) is 53.1 Å². The van der Waals surface area contributed by atoms with Crippen molar-refractivity contribution in [1.29, 1.82) is 0 Å². The molecule has 2 aromatic carbocycles. The Morgan fingerprint density at radius 2 is 1.56 bits per heavy atom. The summed E-state index contributed by atoms with van der Waals surface area (Å²) in [6.45, 7) is 4.99. The SMILES string of the molecule is CN1CCN(c2ccc(NC(=O)c3cc(S(=O)(=O)N4CCCCC4)ccc3Cl)cc2)CC1. The Hall–Kier alpha value is -2.13. The Labute approximate surface area is 195 Å². The van der Waals surface area contributed by atoms with E-state index in [1.807, 2.05) is 24.3 Å². The van der Waals surface area contributed by atoms with E-state index in [4.69, 9.17) is 11.6 Å². The average molecular weight is 477 g/mol. The van der Waals surface area contributed by atoms with Gasteiger partial charge in [-0.1, -0.05) is 18.0 Å². The maximum Gasteiger partial charge on any atom is 0.257 e. The molecule has 2 aliphatic heterocycles.